The van der Waals surface area contributed by atoms with Gasteiger partial charge < -0.3 is 48.3 Å². The zero-order valence-electron chi connectivity index (χ0n) is 35.7. The summed E-state index contributed by atoms with van der Waals surface area (Å²) in [5, 5.41) is 17.2. The molecule has 3 unspecified atom stereocenters. The van der Waals surface area contributed by atoms with E-state index in [2.05, 4.69) is 36.9 Å². The van der Waals surface area contributed by atoms with E-state index >= 15 is 0 Å². The Labute approximate surface area is 363 Å². The molecule has 10 N–H and O–H groups in total. The number of nitrogens with one attached hydrogen (secondary N) is 6. The maximum Gasteiger partial charge on any atom is 0.245 e. The summed E-state index contributed by atoms with van der Waals surface area (Å²) in [5.41, 5.74) is 12.6. The molecule has 62 heavy (non-hydrogen) atoms. The van der Waals surface area contributed by atoms with Gasteiger partial charge in [0.05, 0.1) is 0 Å². The zero-order chi connectivity index (χ0) is 44.4. The lowest BCUT2D eigenvalue weighted by Crippen LogP contribution is -2.60. The molecule has 7 amide bonds. The maximum absolute atomic E-state index is 14.5. The quantitative estimate of drug-likeness (QED) is 0.0806. The molecular weight excluding hydrogens is 793 g/mol. The van der Waals surface area contributed by atoms with E-state index in [1.807, 2.05) is 60.7 Å². The van der Waals surface area contributed by atoms with Gasteiger partial charge in [0.1, 0.15) is 36.3 Å². The maximum atomic E-state index is 14.5. The molecule has 0 radical (unpaired) electrons. The fourth-order valence-electron chi connectivity index (χ4n) is 8.61. The lowest BCUT2D eigenvalue weighted by molar-refractivity contribution is -0.142. The van der Waals surface area contributed by atoms with Crippen molar-refractivity contribution in [2.45, 2.75) is 133 Å². The number of hydrogen-bond donors (Lipinski definition) is 8. The van der Waals surface area contributed by atoms with E-state index in [0.717, 1.165) is 43.2 Å². The van der Waals surface area contributed by atoms with Crippen molar-refractivity contribution in [2.24, 2.45) is 22.4 Å². The molecule has 2 aliphatic heterocycles. The number of amides is 7. The highest BCUT2D eigenvalue weighted by Gasteiger charge is 2.40. The van der Waals surface area contributed by atoms with E-state index in [9.17, 15) is 33.6 Å². The monoisotopic (exact) mass is 856 g/mol. The van der Waals surface area contributed by atoms with Gasteiger partial charge in [0.25, 0.3) is 0 Å². The summed E-state index contributed by atoms with van der Waals surface area (Å²) in [7, 11) is 0. The molecule has 3 fully saturated rings. The average molecular weight is 857 g/mol. The fraction of sp³-hybridized carbons (Fsp3) is 0.556. The van der Waals surface area contributed by atoms with Gasteiger partial charge in [-0.2, -0.15) is 0 Å². The van der Waals surface area contributed by atoms with Crippen LogP contribution in [0.25, 0.3) is 0 Å². The summed E-state index contributed by atoms with van der Waals surface area (Å²) in [6.45, 7) is 1.85. The van der Waals surface area contributed by atoms with Crippen molar-refractivity contribution in [3.8, 4) is 0 Å². The van der Waals surface area contributed by atoms with Gasteiger partial charge in [-0.1, -0.05) is 92.8 Å². The number of guanidine groups is 1. The second kappa shape index (κ2) is 23.9. The molecule has 3 aliphatic rings. The van der Waals surface area contributed by atoms with E-state index < -0.39 is 77.6 Å². The van der Waals surface area contributed by atoms with E-state index in [-0.39, 0.29) is 63.6 Å². The number of fused-ring (bicyclic) bond motifs is 1. The van der Waals surface area contributed by atoms with Crippen LogP contribution in [0.3, 0.4) is 0 Å². The minimum absolute atomic E-state index is 0.0782. The molecule has 0 bridgehead atoms. The van der Waals surface area contributed by atoms with Crippen molar-refractivity contribution in [2.75, 3.05) is 19.6 Å². The van der Waals surface area contributed by atoms with Gasteiger partial charge in [0.2, 0.25) is 41.4 Å². The van der Waals surface area contributed by atoms with Crippen molar-refractivity contribution in [3.05, 3.63) is 71.8 Å². The Morgan fingerprint density at radius 1 is 0.758 bits per heavy atom. The molecule has 2 heterocycles. The van der Waals surface area contributed by atoms with Gasteiger partial charge in [-0.05, 0) is 62.0 Å². The highest BCUT2D eigenvalue weighted by atomic mass is 16.2. The summed E-state index contributed by atoms with van der Waals surface area (Å²) >= 11 is 0. The first-order valence-electron chi connectivity index (χ1n) is 22.1. The summed E-state index contributed by atoms with van der Waals surface area (Å²) in [6.07, 6.45) is 7.23. The van der Waals surface area contributed by atoms with Crippen molar-refractivity contribution in [3.63, 3.8) is 0 Å². The predicted molar refractivity (Wildman–Crippen MR) is 234 cm³/mol. The standard InChI is InChI=1S/C45H64N10O7/c1-29(56)50-35(26-30-14-5-2-6-15-30)40(58)52-34-21-12-23-48-39(57)33(20-11-24-49-45(46)47)51-41(59)36(27-31-16-7-3-8-17-31)53-42(60)37(28-32-18-9-4-10-19-32)54-43(61)38-22-13-25-55(38)44(34)62/h2-3,5-8,14-17,32-38H,4,9-13,18-28H2,1H3,(H,48,57)(H,50,56)(H,51,59)(H,52,58)(H,53,60)(H,54,61)(H4,46,47,49)/t33?,34-,35-,36?,37+,38?/m0/s1. The van der Waals surface area contributed by atoms with E-state index in [1.165, 1.54) is 11.8 Å². The van der Waals surface area contributed by atoms with Crippen molar-refractivity contribution >= 4 is 47.3 Å². The lowest BCUT2D eigenvalue weighted by atomic mass is 9.84. The highest BCUT2D eigenvalue weighted by Crippen LogP contribution is 2.28. The Bertz CT molecular complexity index is 1870. The highest BCUT2D eigenvalue weighted by molar-refractivity contribution is 5.97. The van der Waals surface area contributed by atoms with Gasteiger partial charge in [0, 0.05) is 39.4 Å². The van der Waals surface area contributed by atoms with Crippen LogP contribution in [0.15, 0.2) is 65.7 Å². The first-order chi connectivity index (χ1) is 29.9. The Kier molecular flexibility index (Phi) is 18.1. The molecule has 0 spiro atoms. The van der Waals surface area contributed by atoms with E-state index in [4.69, 9.17) is 11.5 Å². The Morgan fingerprint density at radius 3 is 2.08 bits per heavy atom. The van der Waals surface area contributed by atoms with Crippen LogP contribution in [0.5, 0.6) is 0 Å². The molecule has 6 atom stereocenters. The van der Waals surface area contributed by atoms with Gasteiger partial charge in [-0.3, -0.25) is 38.6 Å². The van der Waals surface area contributed by atoms with Gasteiger partial charge >= 0.3 is 0 Å². The molecule has 1 saturated carbocycles. The largest absolute Gasteiger partial charge is 0.370 e. The van der Waals surface area contributed by atoms with E-state index in [0.29, 0.717) is 25.7 Å². The molecule has 17 heteroatoms. The zero-order valence-corrected chi connectivity index (χ0v) is 35.7. The van der Waals surface area contributed by atoms with Crippen LogP contribution in [0.4, 0.5) is 0 Å². The Balaban J connectivity index is 1.46. The molecule has 2 saturated heterocycles. The first kappa shape index (κ1) is 47.1. The SMILES string of the molecule is CC(=O)N[C@@H](Cc1ccccc1)C(=O)N[C@H]1CCCNC(=O)C(CCCN=C(N)N)NC(=O)C(Cc2ccccc2)NC(=O)[C@@H](CC2CCCCC2)NC(=O)C2CCCN2C1=O. The van der Waals surface area contributed by atoms with Crippen LogP contribution in [0, 0.1) is 5.92 Å². The number of nitrogens with two attached hydrogens (primary N) is 2. The molecule has 5 rings (SSSR count). The third kappa shape index (κ3) is 14.6. The van der Waals surface area contributed by atoms with Gasteiger partial charge in [-0.25, -0.2) is 0 Å². The number of aliphatic imine (C=N–C) groups is 1. The Morgan fingerprint density at radius 2 is 1.40 bits per heavy atom. The molecule has 0 aromatic heterocycles. The summed E-state index contributed by atoms with van der Waals surface area (Å²) in [6, 6.07) is 12.2. The lowest BCUT2D eigenvalue weighted by Gasteiger charge is -2.32. The summed E-state index contributed by atoms with van der Waals surface area (Å²) in [4.78, 5) is 103. The third-order valence-electron chi connectivity index (χ3n) is 11.8. The minimum atomic E-state index is -1.12. The number of rotatable bonds is 13. The average Bonchev–Trinajstić information content (AvgIpc) is 3.76. The topological polar surface area (TPSA) is 259 Å². The fourth-order valence-corrected chi connectivity index (χ4v) is 8.61. The number of benzene rings is 2. The van der Waals surface area contributed by atoms with Crippen LogP contribution in [0.2, 0.25) is 0 Å². The van der Waals surface area contributed by atoms with Crippen LogP contribution < -0.4 is 43.4 Å². The van der Waals surface area contributed by atoms with Crippen molar-refractivity contribution in [1.82, 2.24) is 36.8 Å². The summed E-state index contributed by atoms with van der Waals surface area (Å²) < 4.78 is 0. The molecule has 336 valence electrons. The minimum Gasteiger partial charge on any atom is -0.370 e. The van der Waals surface area contributed by atoms with Gasteiger partial charge in [-0.15, -0.1) is 0 Å². The first-order valence-corrected chi connectivity index (χ1v) is 22.1. The smallest absolute Gasteiger partial charge is 0.245 e. The number of nitrogens with zero attached hydrogens (tertiary/aromatic N) is 2. The molecule has 2 aromatic rings. The number of carbonyl (C=O) groups excluding carboxylic acids is 7. The third-order valence-corrected chi connectivity index (χ3v) is 11.8. The molecule has 17 nitrogen and oxygen atoms in total. The molecule has 2 aromatic carbocycles. The van der Waals surface area contributed by atoms with E-state index in [1.54, 1.807) is 0 Å². The van der Waals surface area contributed by atoms with Crippen LogP contribution in [0.1, 0.15) is 95.1 Å². The summed E-state index contributed by atoms with van der Waals surface area (Å²) in [5.74, 6) is -3.53. The van der Waals surface area contributed by atoms with Gasteiger partial charge in [0.15, 0.2) is 5.96 Å². The Hall–Kier alpha value is -6.00. The molecule has 1 aliphatic carbocycles. The molecular formula is C45H64N10O7. The second-order valence-corrected chi connectivity index (χ2v) is 16.7. The number of hydrogen-bond acceptors (Lipinski definition) is 8. The normalized spacial score (nSPS) is 23.9. The van der Waals surface area contributed by atoms with Crippen molar-refractivity contribution in [1.29, 1.82) is 0 Å². The van der Waals surface area contributed by atoms with Crippen LogP contribution in [-0.2, 0) is 46.4 Å². The predicted octanol–water partition coefficient (Wildman–Crippen LogP) is 0.841. The number of carbonyl (C=O) groups is 7. The van der Waals surface area contributed by atoms with Crippen LogP contribution >= 0.6 is 0 Å². The van der Waals surface area contributed by atoms with Crippen molar-refractivity contribution < 1.29 is 33.6 Å². The van der Waals surface area contributed by atoms with Crippen LogP contribution in [-0.4, -0.2) is 108 Å². The second-order valence-electron chi connectivity index (χ2n) is 16.7.